The van der Waals surface area contributed by atoms with Gasteiger partial charge in [0.1, 0.15) is 17.3 Å². The number of nitrogens with zero attached hydrogens (tertiary/aromatic N) is 13. The molecule has 1 saturated heterocycles. The molecule has 23 nitrogen and oxygen atoms in total. The molecular weight excluding hydrogens is 1420 g/mol. The van der Waals surface area contributed by atoms with Crippen molar-refractivity contribution in [3.8, 4) is 0 Å². The lowest BCUT2D eigenvalue weighted by Crippen LogP contribution is -2.58. The third-order valence-electron chi connectivity index (χ3n) is 31.1. The fourth-order valence-corrected chi connectivity index (χ4v) is 25.1. The summed E-state index contributed by atoms with van der Waals surface area (Å²) in [5, 5.41) is 56.2. The summed E-state index contributed by atoms with van der Waals surface area (Å²) in [6.07, 6.45) is 26.9. The molecule has 113 heavy (non-hydrogen) atoms. The zero-order valence-corrected chi connectivity index (χ0v) is 71.3. The number of carbonyl (C=O) groups is 4. The number of fused-ring (bicyclic) bond motifs is 17. The van der Waals surface area contributed by atoms with E-state index < -0.39 is 22.0 Å². The van der Waals surface area contributed by atoms with E-state index in [0.29, 0.717) is 79.3 Å². The lowest BCUT2D eigenvalue weighted by atomic mass is 9.55. The minimum Gasteiger partial charge on any atom is -0.523 e. The van der Waals surface area contributed by atoms with Crippen LogP contribution in [0.1, 0.15) is 246 Å². The first-order valence-electron chi connectivity index (χ1n) is 41.2. The number of hydrogen-bond acceptors (Lipinski definition) is 16. The van der Waals surface area contributed by atoms with Crippen molar-refractivity contribution >= 4 is 23.1 Å². The summed E-state index contributed by atoms with van der Waals surface area (Å²) in [6, 6.07) is 0. The number of Topliss-reactive ketones (excluding diaryl/α,β-unsaturated/α-hetero) is 4. The smallest absolute Gasteiger partial charge is 0.226 e. The Morgan fingerprint density at radius 2 is 0.894 bits per heavy atom. The van der Waals surface area contributed by atoms with Crippen LogP contribution in [-0.4, -0.2) is 112 Å². The second-order valence-electron chi connectivity index (χ2n) is 40.1. The Morgan fingerprint density at radius 1 is 0.469 bits per heavy atom. The topological polar surface area (TPSA) is 271 Å². The number of hydrogen-bond donors (Lipinski definition) is 3. The molecule has 4 saturated carbocycles. The molecule has 5 fully saturated rings. The maximum atomic E-state index is 12.5. The highest BCUT2D eigenvalue weighted by Gasteiger charge is 2.68. The molecular formula is C90H121N13O10. The molecule has 0 unspecified atom stereocenters. The van der Waals surface area contributed by atoms with Gasteiger partial charge in [-0.25, -0.2) is 9.69 Å². The number of rotatable bonds is 0. The molecule has 0 radical (unpaired) electrons. The predicted molar refractivity (Wildman–Crippen MR) is 429 cm³/mol. The molecule has 0 amide bonds. The number of carbonyl (C=O) groups excluding carboxylic acids is 4. The summed E-state index contributed by atoms with van der Waals surface area (Å²) in [5.41, 5.74) is 12.8. The Kier molecular flexibility index (Phi) is 19.2. The minimum absolute atomic E-state index is 0.0190. The second-order valence-corrected chi connectivity index (χ2v) is 40.1. The first-order valence-corrected chi connectivity index (χ1v) is 40.2. The Bertz CT molecular complexity index is 5130. The van der Waals surface area contributed by atoms with Crippen molar-refractivity contribution < 1.29 is 49.9 Å². The van der Waals surface area contributed by atoms with Crippen molar-refractivity contribution in [3.05, 3.63) is 175 Å². The SMILES string of the molecule is CC1(C)[C@@H]2C/C(=C/O)C(=O)[C@@]2(C)CCC12OCCO2.Cn1cc2c(n1)[C@@]1(C)C/C(=C/O)C(=O)C(C)(C)[C@@H]1C2.Cn1cc2c(n1)[C@@]1(C)CCC(=O)C(C)(C)[C@@H]1C2.Cn1cc2c(n1)[C@@]1(C)Cc3cnoc3C(C)(C)[C@@H]1C2.[3H]C.[C-]#[N+]C1=C(O)C(C)(C)[C@@H]2Cc3cn(C)nc3[C@@]2(C)C1.[C-]#[N+]C1=C[C@]2(C)c3nn(C)cc3C[C@H]2C(C)(C)C1=O. The van der Waals surface area contributed by atoms with E-state index in [4.69, 9.17) is 33.6 Å². The molecule has 606 valence electrons. The number of aromatic nitrogens is 11. The third kappa shape index (κ3) is 11.9. The molecule has 0 bridgehead atoms. The van der Waals surface area contributed by atoms with Crippen molar-refractivity contribution in [2.75, 3.05) is 13.2 Å². The fourth-order valence-electron chi connectivity index (χ4n) is 25.1. The van der Waals surface area contributed by atoms with Crippen LogP contribution in [0.5, 0.6) is 0 Å². The van der Waals surface area contributed by atoms with E-state index in [0.717, 1.165) is 93.2 Å². The maximum absolute atomic E-state index is 12.5. The third-order valence-corrected chi connectivity index (χ3v) is 31.1. The fraction of sp³-hybridized carbons (Fsp3) is 0.644. The molecule has 6 aromatic heterocycles. The minimum atomic E-state index is -0.553. The maximum Gasteiger partial charge on any atom is 0.226 e. The molecule has 13 aliphatic rings. The van der Waals surface area contributed by atoms with E-state index in [2.05, 4.69) is 136 Å². The number of aliphatic hydroxyl groups is 3. The molecule has 1 aliphatic heterocycles. The quantitative estimate of drug-likeness (QED) is 0.0724. The summed E-state index contributed by atoms with van der Waals surface area (Å²) in [5.74, 6) is 3.25. The van der Waals surface area contributed by atoms with E-state index >= 15 is 0 Å². The van der Waals surface area contributed by atoms with Gasteiger partial charge in [-0.15, -0.1) is 0 Å². The van der Waals surface area contributed by atoms with Gasteiger partial charge in [-0.2, -0.15) is 25.5 Å². The van der Waals surface area contributed by atoms with E-state index in [1.807, 2.05) is 126 Å². The van der Waals surface area contributed by atoms with Gasteiger partial charge in [0.15, 0.2) is 23.1 Å². The first-order chi connectivity index (χ1) is 53.1. The number of aryl methyl sites for hydroxylation is 5. The zero-order chi connectivity index (χ0) is 83.7. The standard InChI is InChI=1S/2C15H19N3O.C15H17N3O.C15H20N2O2.C15H22O4.C14H20N2O.CH4/c1-14(2)11-5-9-8-18(4)17-12(9)15(11,3)6-10-7-16-19-13(10)14;2*1-14(2)11-6-9-8-18(5)17-12(9)15(11,3)7-10(16-4)13(14)19;1-14(2)11-5-9-7-17(4)16-12(9)15(11,3)6-10(8-18)13(14)19;1-13(2)11-8-10(9-16)12(17)14(11,3)4-5-15(13)18-6-7-19-15;1-13(2)10-7-9-8-16(4)15-12(9)14(10,3)6-5-11(13)17;/h7-8,11H,5-6H2,1-4H3;8,11,19H,6-7H2,1-3,5H3;7-8,11H,6H2,1-3,5H3;7-8,11,18H,5-6H2,1-4H3;9,11,16H,4-8H2,1-3H3;8,10H,5-7H2,1-4H3;1H4/b;;;10-8-;10-9-;;/t4*11-,15-;11-,14-;10-,14-;/m000000./s1/i;;;;;;1T. The van der Waals surface area contributed by atoms with Crippen molar-refractivity contribution in [2.24, 2.45) is 103 Å². The zero-order valence-electron chi connectivity index (χ0n) is 72.3. The number of ether oxygens (including phenoxy) is 2. The Morgan fingerprint density at radius 3 is 1.38 bits per heavy atom. The van der Waals surface area contributed by atoms with Gasteiger partial charge in [-0.05, 0) is 134 Å². The van der Waals surface area contributed by atoms with E-state index in [1.54, 1.807) is 0 Å². The summed E-state index contributed by atoms with van der Waals surface area (Å²) in [6.45, 7) is 54.0. The van der Waals surface area contributed by atoms with Crippen LogP contribution < -0.4 is 0 Å². The van der Waals surface area contributed by atoms with Crippen molar-refractivity contribution in [1.82, 2.24) is 54.1 Å². The summed E-state index contributed by atoms with van der Waals surface area (Å²) >= 11 is 0. The molecule has 0 aromatic carbocycles. The van der Waals surface area contributed by atoms with Gasteiger partial charge in [-0.1, -0.05) is 143 Å². The van der Waals surface area contributed by atoms with Gasteiger partial charge >= 0.3 is 0 Å². The summed E-state index contributed by atoms with van der Waals surface area (Å²) < 4.78 is 32.6. The summed E-state index contributed by atoms with van der Waals surface area (Å²) in [4.78, 5) is 56.4. The van der Waals surface area contributed by atoms with Crippen LogP contribution in [0.4, 0.5) is 0 Å². The number of ketones is 4. The van der Waals surface area contributed by atoms with Crippen molar-refractivity contribution in [1.29, 1.82) is 0 Å². The largest absolute Gasteiger partial charge is 0.523 e. The normalized spacial score (nSPS) is 33.9. The molecule has 1 spiro atoms. The first kappa shape index (κ1) is 80.8. The van der Waals surface area contributed by atoms with Crippen LogP contribution in [0.15, 0.2) is 88.6 Å². The molecule has 23 heteroatoms. The van der Waals surface area contributed by atoms with Gasteiger partial charge in [0.25, 0.3) is 0 Å². The molecule has 7 heterocycles. The lowest BCUT2D eigenvalue weighted by molar-refractivity contribution is -0.276. The molecule has 19 rings (SSSR count). The highest BCUT2D eigenvalue weighted by Crippen LogP contribution is 2.66. The van der Waals surface area contributed by atoms with Crippen LogP contribution in [0.3, 0.4) is 0 Å². The molecule has 6 aromatic rings. The monoisotopic (exact) mass is 1550 g/mol. The van der Waals surface area contributed by atoms with Gasteiger partial charge < -0.3 is 34.1 Å². The Balaban J connectivity index is 0.000000119. The highest BCUT2D eigenvalue weighted by molar-refractivity contribution is 6.03. The predicted octanol–water partition coefficient (Wildman–Crippen LogP) is 15.4. The highest BCUT2D eigenvalue weighted by atomic mass is 16.7. The summed E-state index contributed by atoms with van der Waals surface area (Å²) in [7, 11) is 11.0. The van der Waals surface area contributed by atoms with Gasteiger partial charge in [0.2, 0.25) is 11.4 Å². The van der Waals surface area contributed by atoms with Gasteiger partial charge in [0, 0.05) is 162 Å². The van der Waals surface area contributed by atoms with E-state index in [-0.39, 0.29) is 95.3 Å². The van der Waals surface area contributed by atoms with Gasteiger partial charge in [0.05, 0.1) is 73.5 Å². The second kappa shape index (κ2) is 26.9. The average molecular weight is 1550 g/mol. The Hall–Kier alpha value is -8.80. The lowest BCUT2D eigenvalue weighted by Gasteiger charge is -2.54. The molecule has 12 aliphatic carbocycles. The molecule has 12 atom stereocenters. The average Bonchev–Trinajstić information content (AvgIpc) is 1.08. The van der Waals surface area contributed by atoms with Crippen molar-refractivity contribution in [3.63, 3.8) is 0 Å². The van der Waals surface area contributed by atoms with Crippen LogP contribution in [0.2, 0.25) is 0 Å². The van der Waals surface area contributed by atoms with Crippen LogP contribution in [-0.2, 0) is 135 Å². The van der Waals surface area contributed by atoms with Crippen molar-refractivity contribution in [2.45, 2.75) is 254 Å². The van der Waals surface area contributed by atoms with Crippen LogP contribution >= 0.6 is 0 Å². The van der Waals surface area contributed by atoms with E-state index in [1.165, 1.54) is 52.2 Å². The number of allylic oxidation sites excluding steroid dienone is 6. The Labute approximate surface area is 668 Å². The van der Waals surface area contributed by atoms with Gasteiger partial charge in [-0.3, -0.25) is 37.8 Å². The molecule has 3 N–H and O–H groups in total. The van der Waals surface area contributed by atoms with Crippen LogP contribution in [0, 0.1) is 81.1 Å². The van der Waals surface area contributed by atoms with E-state index in [9.17, 15) is 34.5 Å². The van der Waals surface area contributed by atoms with Crippen LogP contribution in [0.25, 0.3) is 9.69 Å². The number of aliphatic hydroxyl groups excluding tert-OH is 3.